The Hall–Kier alpha value is -1.42. The summed E-state index contributed by atoms with van der Waals surface area (Å²) >= 11 is 11.2. The van der Waals surface area contributed by atoms with Gasteiger partial charge in [-0.05, 0) is 50.7 Å². The van der Waals surface area contributed by atoms with Crippen molar-refractivity contribution in [2.75, 3.05) is 0 Å². The molecule has 0 aliphatic carbocycles. The van der Waals surface area contributed by atoms with Crippen LogP contribution in [-0.4, -0.2) is 4.98 Å². The third kappa shape index (κ3) is 4.60. The van der Waals surface area contributed by atoms with E-state index in [-0.39, 0.29) is 5.41 Å². The molecule has 0 saturated heterocycles. The van der Waals surface area contributed by atoms with Crippen molar-refractivity contribution in [2.45, 2.75) is 26.2 Å². The number of benzene rings is 2. The van der Waals surface area contributed by atoms with Gasteiger partial charge in [0, 0.05) is 10.6 Å². The molecular weight excluding hydrogens is 414 g/mol. The van der Waals surface area contributed by atoms with E-state index in [0.29, 0.717) is 0 Å². The Balaban J connectivity index is 1.80. The van der Waals surface area contributed by atoms with Crippen molar-refractivity contribution < 1.29 is 0 Å². The number of aromatic nitrogens is 1. The van der Waals surface area contributed by atoms with Crippen LogP contribution < -0.4 is 0 Å². The highest BCUT2D eigenvalue weighted by atomic mass is 79.9. The van der Waals surface area contributed by atoms with Crippen molar-refractivity contribution >= 4 is 51.0 Å². The second-order valence-electron chi connectivity index (χ2n) is 6.89. The van der Waals surface area contributed by atoms with Crippen LogP contribution in [0, 0.1) is 0 Å². The molecule has 0 aliphatic rings. The number of rotatable bonds is 3. The van der Waals surface area contributed by atoms with Crippen molar-refractivity contribution in [2.24, 2.45) is 0 Å². The fourth-order valence-electron chi connectivity index (χ4n) is 2.44. The Morgan fingerprint density at radius 2 is 1.60 bits per heavy atom. The van der Waals surface area contributed by atoms with Crippen LogP contribution in [0.1, 0.15) is 36.9 Å². The molecule has 128 valence electrons. The van der Waals surface area contributed by atoms with E-state index >= 15 is 0 Å². The number of nitrogens with zero attached hydrogens (tertiary/aromatic N) is 1. The van der Waals surface area contributed by atoms with E-state index in [1.165, 1.54) is 11.1 Å². The van der Waals surface area contributed by atoms with Gasteiger partial charge in [-0.3, -0.25) is 0 Å². The molecule has 0 radical (unpaired) electrons. The number of hydrogen-bond acceptors (Lipinski definition) is 2. The molecule has 0 fully saturated rings. The summed E-state index contributed by atoms with van der Waals surface area (Å²) in [5.41, 5.74) is 4.70. The fraction of sp³-hybridized carbons (Fsp3) is 0.190. The Labute approximate surface area is 166 Å². The predicted molar refractivity (Wildman–Crippen MR) is 114 cm³/mol. The van der Waals surface area contributed by atoms with E-state index in [9.17, 15) is 0 Å². The molecule has 3 aromatic rings. The smallest absolute Gasteiger partial charge is 0.117 e. The molecule has 0 atom stereocenters. The predicted octanol–water partition coefficient (Wildman–Crippen LogP) is 7.69. The van der Waals surface area contributed by atoms with E-state index in [0.717, 1.165) is 25.1 Å². The molecule has 0 N–H and O–H groups in total. The molecule has 1 nitrogen and oxygen atoms in total. The zero-order valence-electron chi connectivity index (χ0n) is 14.4. The lowest BCUT2D eigenvalue weighted by Crippen LogP contribution is -2.10. The van der Waals surface area contributed by atoms with Gasteiger partial charge in [0.2, 0.25) is 0 Å². The van der Waals surface area contributed by atoms with Gasteiger partial charge in [-0.25, -0.2) is 4.98 Å². The number of hydrogen-bond donors (Lipinski definition) is 0. The maximum Gasteiger partial charge on any atom is 0.117 e. The summed E-state index contributed by atoms with van der Waals surface area (Å²) in [5.74, 6) is 0. The monoisotopic (exact) mass is 431 g/mol. The van der Waals surface area contributed by atoms with E-state index in [1.807, 2.05) is 24.3 Å². The second kappa shape index (κ2) is 7.45. The van der Waals surface area contributed by atoms with Crippen molar-refractivity contribution in [1.29, 1.82) is 0 Å². The molecule has 0 bridgehead atoms. The van der Waals surface area contributed by atoms with Gasteiger partial charge in [0.1, 0.15) is 5.01 Å². The molecule has 2 aromatic carbocycles. The molecule has 1 heterocycles. The minimum atomic E-state index is 0.176. The minimum Gasteiger partial charge on any atom is -0.235 e. The second-order valence-corrected chi connectivity index (χ2v) is 9.67. The minimum absolute atomic E-state index is 0.176. The Morgan fingerprint density at radius 1 is 0.960 bits per heavy atom. The number of thiazole rings is 1. The van der Waals surface area contributed by atoms with Crippen molar-refractivity contribution in [3.8, 4) is 11.3 Å². The fourth-order valence-corrected chi connectivity index (χ4v) is 4.09. The van der Waals surface area contributed by atoms with E-state index in [1.54, 1.807) is 11.3 Å². The van der Waals surface area contributed by atoms with Crippen LogP contribution in [-0.2, 0) is 5.41 Å². The average molecular weight is 433 g/mol. The third-order valence-corrected chi connectivity index (χ3v) is 5.84. The van der Waals surface area contributed by atoms with Gasteiger partial charge in [0.05, 0.1) is 9.48 Å². The molecule has 3 rings (SSSR count). The van der Waals surface area contributed by atoms with Crippen LogP contribution >= 0.6 is 38.9 Å². The van der Waals surface area contributed by atoms with Crippen molar-refractivity contribution in [3.05, 3.63) is 73.5 Å². The molecule has 1 aromatic heterocycles. The first kappa shape index (κ1) is 18.4. The first-order valence-electron chi connectivity index (χ1n) is 8.04. The van der Waals surface area contributed by atoms with Gasteiger partial charge in [-0.1, -0.05) is 74.8 Å². The lowest BCUT2D eigenvalue weighted by atomic mass is 9.87. The summed E-state index contributed by atoms with van der Waals surface area (Å²) in [7, 11) is 0. The van der Waals surface area contributed by atoms with Crippen LogP contribution in [0.3, 0.4) is 0 Å². The molecule has 25 heavy (non-hydrogen) atoms. The first-order chi connectivity index (χ1) is 11.8. The summed E-state index contributed by atoms with van der Waals surface area (Å²) in [6.07, 6.45) is 4.16. The topological polar surface area (TPSA) is 12.9 Å². The third-order valence-electron chi connectivity index (χ3n) is 3.92. The molecular formula is C21H19BrClNS. The van der Waals surface area contributed by atoms with Gasteiger partial charge in [-0.15, -0.1) is 11.3 Å². The van der Waals surface area contributed by atoms with E-state index in [2.05, 4.69) is 73.1 Å². The summed E-state index contributed by atoms with van der Waals surface area (Å²) < 4.78 is 1.03. The van der Waals surface area contributed by atoms with E-state index < -0.39 is 0 Å². The van der Waals surface area contributed by atoms with Crippen LogP contribution in [0.5, 0.6) is 0 Å². The van der Waals surface area contributed by atoms with Gasteiger partial charge < -0.3 is 0 Å². The van der Waals surface area contributed by atoms with Crippen molar-refractivity contribution in [1.82, 2.24) is 4.98 Å². The van der Waals surface area contributed by atoms with Gasteiger partial charge in [0.25, 0.3) is 0 Å². The lowest BCUT2D eigenvalue weighted by Gasteiger charge is -2.18. The zero-order valence-corrected chi connectivity index (χ0v) is 17.5. The Bertz CT molecular complexity index is 887. The SMILES string of the molecule is CC(C)(C)c1ccc(C=Cc2nc(-c3ccc(Cl)cc3)c(Br)s2)cc1. The highest BCUT2D eigenvalue weighted by Crippen LogP contribution is 2.34. The highest BCUT2D eigenvalue weighted by molar-refractivity contribution is 9.11. The van der Waals surface area contributed by atoms with Crippen LogP contribution in [0.15, 0.2) is 52.3 Å². The van der Waals surface area contributed by atoms with Gasteiger partial charge in [-0.2, -0.15) is 0 Å². The molecule has 0 saturated carbocycles. The van der Waals surface area contributed by atoms with Crippen LogP contribution in [0.2, 0.25) is 5.02 Å². The largest absolute Gasteiger partial charge is 0.235 e. The molecule has 0 unspecified atom stereocenters. The maximum atomic E-state index is 5.96. The summed E-state index contributed by atoms with van der Waals surface area (Å²) in [5, 5.41) is 1.70. The molecule has 0 spiro atoms. The van der Waals surface area contributed by atoms with Crippen LogP contribution in [0.4, 0.5) is 0 Å². The summed E-state index contributed by atoms with van der Waals surface area (Å²) in [6, 6.07) is 16.4. The van der Waals surface area contributed by atoms with Crippen LogP contribution in [0.25, 0.3) is 23.4 Å². The molecule has 0 amide bonds. The quantitative estimate of drug-likeness (QED) is 0.413. The number of halogens is 2. The Morgan fingerprint density at radius 3 is 2.20 bits per heavy atom. The van der Waals surface area contributed by atoms with Crippen molar-refractivity contribution in [3.63, 3.8) is 0 Å². The normalized spacial score (nSPS) is 12.0. The summed E-state index contributed by atoms with van der Waals surface area (Å²) in [6.45, 7) is 6.68. The van der Waals surface area contributed by atoms with Gasteiger partial charge in [0.15, 0.2) is 0 Å². The molecule has 0 aliphatic heterocycles. The maximum absolute atomic E-state index is 5.96. The lowest BCUT2D eigenvalue weighted by molar-refractivity contribution is 0.590. The standard InChI is InChI=1S/C21H19BrClNS/c1-21(2,3)16-9-4-14(5-10-16)6-13-18-24-19(20(22)25-18)15-7-11-17(23)12-8-15/h4-13H,1-3H3. The molecule has 4 heteroatoms. The summed E-state index contributed by atoms with van der Waals surface area (Å²) in [4.78, 5) is 4.72. The highest BCUT2D eigenvalue weighted by Gasteiger charge is 2.12. The zero-order chi connectivity index (χ0) is 18.0. The average Bonchev–Trinajstić information content (AvgIpc) is 2.94. The Kier molecular flexibility index (Phi) is 5.47. The van der Waals surface area contributed by atoms with Gasteiger partial charge >= 0.3 is 0 Å². The van der Waals surface area contributed by atoms with E-state index in [4.69, 9.17) is 16.6 Å². The first-order valence-corrected chi connectivity index (χ1v) is 10.0.